The number of carbonyl (C=O) groups is 1. The number of benzene rings is 4. The molecule has 0 radical (unpaired) electrons. The Kier molecular flexibility index (Phi) is 3.51. The molecule has 0 fully saturated rings. The van der Waals surface area contributed by atoms with Crippen LogP contribution in [-0.2, 0) is 0 Å². The summed E-state index contributed by atoms with van der Waals surface area (Å²) in [5, 5.41) is 13.4. The molecule has 0 unspecified atom stereocenters. The highest BCUT2D eigenvalue weighted by molar-refractivity contribution is 6.02. The van der Waals surface area contributed by atoms with E-state index < -0.39 is 6.09 Å². The number of fused-ring (bicyclic) bond motifs is 3. The lowest BCUT2D eigenvalue weighted by Crippen LogP contribution is -2.16. The molecule has 0 atom stereocenters. The minimum atomic E-state index is -0.948. The van der Waals surface area contributed by atoms with Gasteiger partial charge in [-0.15, -0.1) is 0 Å². The first-order valence-corrected chi connectivity index (χ1v) is 7.84. The monoisotopic (exact) mass is 329 g/mol. The highest BCUT2D eigenvalue weighted by atomic mass is 16.6. The van der Waals surface area contributed by atoms with E-state index in [4.69, 9.17) is 10.5 Å². The van der Waals surface area contributed by atoms with Gasteiger partial charge in [0.2, 0.25) is 0 Å². The number of nitrogens with two attached hydrogens (primary N) is 1. The third-order valence-corrected chi connectivity index (χ3v) is 4.13. The molecule has 5 rings (SSSR count). The van der Waals surface area contributed by atoms with E-state index >= 15 is 0 Å². The van der Waals surface area contributed by atoms with Gasteiger partial charge in [-0.3, -0.25) is 0 Å². The van der Waals surface area contributed by atoms with E-state index in [9.17, 15) is 9.90 Å². The number of hydrogen-bond donors (Lipinski definition) is 2. The van der Waals surface area contributed by atoms with E-state index in [0.29, 0.717) is 5.39 Å². The van der Waals surface area contributed by atoms with E-state index in [1.807, 2.05) is 36.4 Å². The molecule has 25 heavy (non-hydrogen) atoms. The molecule has 1 amide bonds. The first-order chi connectivity index (χ1) is 12.1. The van der Waals surface area contributed by atoms with Gasteiger partial charge < -0.3 is 15.6 Å². The van der Waals surface area contributed by atoms with Crippen LogP contribution in [-0.4, -0.2) is 11.2 Å². The highest BCUT2D eigenvalue weighted by Gasteiger charge is 2.11. The van der Waals surface area contributed by atoms with Crippen LogP contribution in [0.15, 0.2) is 72.8 Å². The predicted molar refractivity (Wildman–Crippen MR) is 98.8 cm³/mol. The Balaban J connectivity index is 0.000000217. The maximum atomic E-state index is 10.9. The van der Waals surface area contributed by atoms with Crippen molar-refractivity contribution >= 4 is 27.6 Å². The maximum absolute atomic E-state index is 10.9. The first-order valence-electron chi connectivity index (χ1n) is 7.84. The number of phenolic OH excluding ortho intramolecular Hbond substituents is 1. The molecule has 4 heteroatoms. The van der Waals surface area contributed by atoms with E-state index in [1.165, 1.54) is 17.2 Å². The fraction of sp³-hybridized carbons (Fsp3) is 0. The fourth-order valence-corrected chi connectivity index (χ4v) is 2.86. The smallest absolute Gasteiger partial charge is 0.410 e. The van der Waals surface area contributed by atoms with Crippen molar-refractivity contribution < 1.29 is 14.6 Å². The van der Waals surface area contributed by atoms with Crippen molar-refractivity contribution in [3.63, 3.8) is 0 Å². The predicted octanol–water partition coefficient (Wildman–Crippen LogP) is 4.82. The van der Waals surface area contributed by atoms with Gasteiger partial charge in [0.25, 0.3) is 0 Å². The minimum Gasteiger partial charge on any atom is -0.504 e. The summed E-state index contributed by atoms with van der Waals surface area (Å²) in [6.45, 7) is 0. The standard InChI is InChI=1S/C15H11NO3.C6H4/c16-15(18)19-14-12-8-10-4-2-1-3-9(10)7-11(12)5-6-13(14)17;1-2-5-4-6(5)3-1/h1-8,17H,(H2,16,18);1-4H. The number of aromatic hydroxyl groups is 1. The van der Waals surface area contributed by atoms with E-state index in [2.05, 4.69) is 24.3 Å². The van der Waals surface area contributed by atoms with Crippen molar-refractivity contribution in [2.24, 2.45) is 5.73 Å². The van der Waals surface area contributed by atoms with Gasteiger partial charge in [-0.05, 0) is 51.6 Å². The summed E-state index contributed by atoms with van der Waals surface area (Å²) in [4.78, 5) is 10.9. The van der Waals surface area contributed by atoms with Crippen molar-refractivity contribution in [3.05, 3.63) is 72.8 Å². The van der Waals surface area contributed by atoms with Crippen LogP contribution in [0.4, 0.5) is 4.79 Å². The summed E-state index contributed by atoms with van der Waals surface area (Å²) in [6, 6.07) is 23.4. The van der Waals surface area contributed by atoms with Crippen molar-refractivity contribution in [1.29, 1.82) is 0 Å². The Labute approximate surface area is 144 Å². The van der Waals surface area contributed by atoms with Crippen molar-refractivity contribution in [2.45, 2.75) is 0 Å². The molecular weight excluding hydrogens is 314 g/mol. The summed E-state index contributed by atoms with van der Waals surface area (Å²) in [5.41, 5.74) is 7.88. The molecule has 0 aliphatic heterocycles. The highest BCUT2D eigenvalue weighted by Crippen LogP contribution is 2.37. The molecule has 0 heterocycles. The molecule has 3 N–H and O–H groups in total. The summed E-state index contributed by atoms with van der Waals surface area (Å²) >= 11 is 0. The molecule has 122 valence electrons. The summed E-state index contributed by atoms with van der Waals surface area (Å²) in [6.07, 6.45) is -0.948. The van der Waals surface area contributed by atoms with E-state index in [0.717, 1.165) is 16.2 Å². The van der Waals surface area contributed by atoms with Gasteiger partial charge in [0, 0.05) is 5.39 Å². The molecule has 4 nitrogen and oxygen atoms in total. The van der Waals surface area contributed by atoms with Gasteiger partial charge in [0.1, 0.15) is 0 Å². The number of primary amides is 1. The Morgan fingerprint density at radius 3 is 2.04 bits per heavy atom. The number of carbonyl (C=O) groups excluding carboxylic acids is 1. The molecule has 3 aromatic carbocycles. The third-order valence-electron chi connectivity index (χ3n) is 4.13. The number of amides is 1. The zero-order valence-corrected chi connectivity index (χ0v) is 13.3. The van der Waals surface area contributed by atoms with Crippen LogP contribution in [0, 0.1) is 0 Å². The lowest BCUT2D eigenvalue weighted by molar-refractivity contribution is 0.209. The fourth-order valence-electron chi connectivity index (χ4n) is 2.86. The van der Waals surface area contributed by atoms with Gasteiger partial charge in [-0.1, -0.05) is 48.5 Å². The molecule has 0 saturated heterocycles. The van der Waals surface area contributed by atoms with Gasteiger partial charge >= 0.3 is 6.09 Å². The van der Waals surface area contributed by atoms with Gasteiger partial charge in [-0.2, -0.15) is 0 Å². The Bertz CT molecular complexity index is 1100. The Morgan fingerprint density at radius 1 is 0.800 bits per heavy atom. The molecule has 0 spiro atoms. The lowest BCUT2D eigenvalue weighted by Gasteiger charge is -2.09. The number of rotatable bonds is 1. The summed E-state index contributed by atoms with van der Waals surface area (Å²) in [7, 11) is 0. The molecule has 0 bridgehead atoms. The van der Waals surface area contributed by atoms with Crippen molar-refractivity contribution in [2.75, 3.05) is 0 Å². The average molecular weight is 329 g/mol. The van der Waals surface area contributed by atoms with Crippen LogP contribution in [0.1, 0.15) is 0 Å². The second-order valence-electron chi connectivity index (χ2n) is 5.84. The van der Waals surface area contributed by atoms with Crippen LogP contribution < -0.4 is 10.5 Å². The molecule has 2 aliphatic rings. The van der Waals surface area contributed by atoms with Gasteiger partial charge in [0.05, 0.1) is 0 Å². The average Bonchev–Trinajstić information content (AvgIpc) is 3.21. The largest absolute Gasteiger partial charge is 0.504 e. The third kappa shape index (κ3) is 2.97. The normalized spacial score (nSPS) is 10.9. The van der Waals surface area contributed by atoms with Crippen LogP contribution in [0.25, 0.3) is 32.7 Å². The second kappa shape index (κ2) is 5.83. The van der Waals surface area contributed by atoms with Gasteiger partial charge in [0.15, 0.2) is 11.5 Å². The topological polar surface area (TPSA) is 72.6 Å². The maximum Gasteiger partial charge on any atom is 0.410 e. The van der Waals surface area contributed by atoms with Crippen LogP contribution in [0.2, 0.25) is 0 Å². The zero-order chi connectivity index (χ0) is 17.4. The molecule has 0 aromatic heterocycles. The van der Waals surface area contributed by atoms with E-state index in [-0.39, 0.29) is 11.5 Å². The molecule has 3 aromatic rings. The summed E-state index contributed by atoms with van der Waals surface area (Å²) < 4.78 is 4.90. The van der Waals surface area contributed by atoms with E-state index in [1.54, 1.807) is 6.07 Å². The van der Waals surface area contributed by atoms with Crippen LogP contribution in [0.3, 0.4) is 0 Å². The Hall–Kier alpha value is -3.53. The molecular formula is C21H15NO3. The minimum absolute atomic E-state index is 0.0933. The zero-order valence-electron chi connectivity index (χ0n) is 13.3. The first kappa shape index (κ1) is 15.0. The number of phenols is 1. The van der Waals surface area contributed by atoms with Crippen molar-refractivity contribution in [1.82, 2.24) is 0 Å². The van der Waals surface area contributed by atoms with Gasteiger partial charge in [-0.25, -0.2) is 4.79 Å². The lowest BCUT2D eigenvalue weighted by atomic mass is 10.0. The number of hydrogen-bond acceptors (Lipinski definition) is 3. The van der Waals surface area contributed by atoms with Crippen LogP contribution in [0.5, 0.6) is 11.5 Å². The number of ether oxygens (including phenoxy) is 1. The second-order valence-corrected chi connectivity index (χ2v) is 5.84. The quantitative estimate of drug-likeness (QED) is 0.433. The van der Waals surface area contributed by atoms with Crippen LogP contribution >= 0.6 is 0 Å². The Morgan fingerprint density at radius 2 is 1.48 bits per heavy atom. The van der Waals surface area contributed by atoms with Crippen molar-refractivity contribution in [3.8, 4) is 22.6 Å². The molecule has 2 aliphatic carbocycles. The SMILES string of the molecule is NC(=O)Oc1c(O)ccc2cc3ccccc3cc12.c1cc2cc-2c1. The summed E-state index contributed by atoms with van der Waals surface area (Å²) in [5.74, 6) is -0.0164. The molecule has 0 saturated carbocycles.